The second-order valence-electron chi connectivity index (χ2n) is 5.73. The summed E-state index contributed by atoms with van der Waals surface area (Å²) in [6.07, 6.45) is 3.13. The summed E-state index contributed by atoms with van der Waals surface area (Å²) in [6.45, 7) is 6.75. The summed E-state index contributed by atoms with van der Waals surface area (Å²) in [7, 11) is 1.66. The van der Waals surface area contributed by atoms with Crippen molar-refractivity contribution in [1.29, 1.82) is 0 Å². The molecule has 0 aliphatic heterocycles. The van der Waals surface area contributed by atoms with Gasteiger partial charge in [-0.3, -0.25) is 4.98 Å². The van der Waals surface area contributed by atoms with E-state index >= 15 is 0 Å². The Bertz CT molecular complexity index is 607. The molecule has 0 radical (unpaired) electrons. The van der Waals surface area contributed by atoms with Crippen LogP contribution in [0.15, 0.2) is 30.6 Å². The molecular weight excluding hydrogens is 288 g/mol. The monoisotopic (exact) mass is 306 g/mol. The van der Waals surface area contributed by atoms with Gasteiger partial charge in [0.2, 0.25) is 0 Å². The molecule has 0 fully saturated rings. The van der Waals surface area contributed by atoms with E-state index < -0.39 is 0 Å². The Morgan fingerprint density at radius 1 is 1.14 bits per heavy atom. The van der Waals surface area contributed by atoms with Gasteiger partial charge in [-0.1, -0.05) is 32.4 Å². The van der Waals surface area contributed by atoms with Crippen molar-refractivity contribution in [3.63, 3.8) is 0 Å². The first-order valence-electron chi connectivity index (χ1n) is 6.68. The number of nitrogens with zero attached hydrogens (tertiary/aromatic N) is 2. The van der Waals surface area contributed by atoms with E-state index in [0.717, 1.165) is 22.8 Å². The van der Waals surface area contributed by atoms with Crippen LogP contribution in [-0.2, 0) is 12.0 Å². The van der Waals surface area contributed by atoms with Gasteiger partial charge in [0, 0.05) is 5.56 Å². The first-order chi connectivity index (χ1) is 9.90. The fourth-order valence-electron chi connectivity index (χ4n) is 1.91. The molecule has 21 heavy (non-hydrogen) atoms. The van der Waals surface area contributed by atoms with Crippen molar-refractivity contribution in [2.45, 2.75) is 32.8 Å². The molecule has 0 atom stereocenters. The smallest absolute Gasteiger partial charge is 0.147 e. The third-order valence-electron chi connectivity index (χ3n) is 3.04. The van der Waals surface area contributed by atoms with Gasteiger partial charge in [-0.05, 0) is 23.6 Å². The molecule has 0 aliphatic rings. The maximum atomic E-state index is 5.89. The molecule has 2 rings (SSSR count). The minimum absolute atomic E-state index is 0.0461. The Kier molecular flexibility index (Phi) is 4.68. The lowest BCUT2D eigenvalue weighted by Crippen LogP contribution is -2.14. The molecule has 0 spiro atoms. The van der Waals surface area contributed by atoms with Crippen molar-refractivity contribution in [3.05, 3.63) is 47.0 Å². The molecular formula is C16H19ClN2O2. The highest BCUT2D eigenvalue weighted by Gasteiger charge is 2.20. The molecule has 0 bridgehead atoms. The van der Waals surface area contributed by atoms with Gasteiger partial charge in [0.15, 0.2) is 0 Å². The van der Waals surface area contributed by atoms with Gasteiger partial charge in [0.25, 0.3) is 0 Å². The number of aromatic nitrogens is 2. The third-order valence-corrected chi connectivity index (χ3v) is 3.24. The second-order valence-corrected chi connectivity index (χ2v) is 6.12. The summed E-state index contributed by atoms with van der Waals surface area (Å²) in [6, 6.07) is 5.81. The van der Waals surface area contributed by atoms with E-state index in [1.54, 1.807) is 13.3 Å². The summed E-state index contributed by atoms with van der Waals surface area (Å²) in [5.41, 5.74) is 1.77. The molecule has 1 aromatic heterocycles. The van der Waals surface area contributed by atoms with E-state index in [2.05, 4.69) is 30.7 Å². The zero-order valence-corrected chi connectivity index (χ0v) is 13.4. The highest BCUT2D eigenvalue weighted by Crippen LogP contribution is 2.34. The topological polar surface area (TPSA) is 44.2 Å². The third kappa shape index (κ3) is 4.08. The van der Waals surface area contributed by atoms with E-state index in [1.807, 2.05) is 18.2 Å². The SMILES string of the molecule is COc1ccc(OCc2cnc(Cl)cn2)c(C(C)(C)C)c1. The second kappa shape index (κ2) is 6.31. The van der Waals surface area contributed by atoms with Crippen molar-refractivity contribution < 1.29 is 9.47 Å². The van der Waals surface area contributed by atoms with Crippen LogP contribution in [0.4, 0.5) is 0 Å². The molecule has 112 valence electrons. The fraction of sp³-hybridized carbons (Fsp3) is 0.375. The number of benzene rings is 1. The lowest BCUT2D eigenvalue weighted by molar-refractivity contribution is 0.291. The standard InChI is InChI=1S/C16H19ClN2O2/c1-16(2,3)13-7-12(20-4)5-6-14(13)21-10-11-8-19-15(17)9-18-11/h5-9H,10H2,1-4H3. The van der Waals surface area contributed by atoms with E-state index in [-0.39, 0.29) is 5.41 Å². The van der Waals surface area contributed by atoms with E-state index in [1.165, 1.54) is 6.20 Å². The molecule has 0 amide bonds. The summed E-state index contributed by atoms with van der Waals surface area (Å²) in [5.74, 6) is 1.64. The molecule has 4 nitrogen and oxygen atoms in total. The highest BCUT2D eigenvalue weighted by atomic mass is 35.5. The maximum Gasteiger partial charge on any atom is 0.147 e. The van der Waals surface area contributed by atoms with Crippen LogP contribution in [0.2, 0.25) is 5.15 Å². The van der Waals surface area contributed by atoms with Crippen molar-refractivity contribution >= 4 is 11.6 Å². The van der Waals surface area contributed by atoms with E-state index in [0.29, 0.717) is 11.8 Å². The van der Waals surface area contributed by atoms with Gasteiger partial charge >= 0.3 is 0 Å². The quantitative estimate of drug-likeness (QED) is 0.856. The average molecular weight is 307 g/mol. The largest absolute Gasteiger partial charge is 0.497 e. The van der Waals surface area contributed by atoms with E-state index in [9.17, 15) is 0 Å². The molecule has 1 aromatic carbocycles. The normalized spacial score (nSPS) is 11.3. The predicted octanol–water partition coefficient (Wildman–Crippen LogP) is 4.02. The minimum Gasteiger partial charge on any atom is -0.497 e. The predicted molar refractivity (Wildman–Crippen MR) is 83.1 cm³/mol. The van der Waals surface area contributed by atoms with Crippen LogP contribution >= 0.6 is 11.6 Å². The number of hydrogen-bond donors (Lipinski definition) is 0. The van der Waals surface area contributed by atoms with Crippen molar-refractivity contribution in [1.82, 2.24) is 9.97 Å². The van der Waals surface area contributed by atoms with E-state index in [4.69, 9.17) is 21.1 Å². The molecule has 2 aromatic rings. The first-order valence-corrected chi connectivity index (χ1v) is 7.05. The van der Waals surface area contributed by atoms with Crippen LogP contribution < -0.4 is 9.47 Å². The molecule has 5 heteroatoms. The fourth-order valence-corrected chi connectivity index (χ4v) is 2.01. The van der Waals surface area contributed by atoms with Crippen molar-refractivity contribution in [2.75, 3.05) is 7.11 Å². The van der Waals surface area contributed by atoms with Gasteiger partial charge in [-0.25, -0.2) is 4.98 Å². The van der Waals surface area contributed by atoms with Crippen LogP contribution in [0, 0.1) is 0 Å². The van der Waals surface area contributed by atoms with Crippen LogP contribution in [0.1, 0.15) is 32.0 Å². The van der Waals surface area contributed by atoms with Crippen LogP contribution in [0.3, 0.4) is 0 Å². The van der Waals surface area contributed by atoms with Gasteiger partial charge < -0.3 is 9.47 Å². The maximum absolute atomic E-state index is 5.89. The summed E-state index contributed by atoms with van der Waals surface area (Å²) >= 11 is 5.72. The van der Waals surface area contributed by atoms with Crippen LogP contribution in [0.25, 0.3) is 0 Å². The van der Waals surface area contributed by atoms with Crippen molar-refractivity contribution in [3.8, 4) is 11.5 Å². The molecule has 1 heterocycles. The van der Waals surface area contributed by atoms with Gasteiger partial charge in [0.1, 0.15) is 23.3 Å². The van der Waals surface area contributed by atoms with Crippen molar-refractivity contribution in [2.24, 2.45) is 0 Å². The molecule has 0 saturated heterocycles. The number of hydrogen-bond acceptors (Lipinski definition) is 4. The van der Waals surface area contributed by atoms with Crippen LogP contribution in [0.5, 0.6) is 11.5 Å². The molecule has 0 saturated carbocycles. The Morgan fingerprint density at radius 2 is 1.90 bits per heavy atom. The van der Waals surface area contributed by atoms with Gasteiger partial charge in [-0.2, -0.15) is 0 Å². The first kappa shape index (κ1) is 15.6. The minimum atomic E-state index is -0.0461. The zero-order valence-electron chi connectivity index (χ0n) is 12.7. The Morgan fingerprint density at radius 3 is 2.48 bits per heavy atom. The Labute approximate surface area is 130 Å². The number of rotatable bonds is 4. The highest BCUT2D eigenvalue weighted by molar-refractivity contribution is 6.29. The Hall–Kier alpha value is -1.81. The summed E-state index contributed by atoms with van der Waals surface area (Å²) in [4.78, 5) is 8.17. The van der Waals surface area contributed by atoms with Gasteiger partial charge in [-0.15, -0.1) is 0 Å². The molecule has 0 N–H and O–H groups in total. The molecule has 0 aliphatic carbocycles. The number of halogens is 1. The number of ether oxygens (including phenoxy) is 2. The Balaban J connectivity index is 2.21. The zero-order chi connectivity index (χ0) is 15.5. The summed E-state index contributed by atoms with van der Waals surface area (Å²) in [5, 5.41) is 0.374. The lowest BCUT2D eigenvalue weighted by atomic mass is 9.86. The summed E-state index contributed by atoms with van der Waals surface area (Å²) < 4.78 is 11.2. The number of methoxy groups -OCH3 is 1. The van der Waals surface area contributed by atoms with Gasteiger partial charge in [0.05, 0.1) is 25.2 Å². The van der Waals surface area contributed by atoms with Crippen LogP contribution in [-0.4, -0.2) is 17.1 Å². The lowest BCUT2D eigenvalue weighted by Gasteiger charge is -2.23. The molecule has 0 unspecified atom stereocenters. The average Bonchev–Trinajstić information content (AvgIpc) is 2.45.